The third-order valence-electron chi connectivity index (χ3n) is 4.85. The highest BCUT2D eigenvalue weighted by Gasteiger charge is 2.33. The molecule has 1 fully saturated rings. The van der Waals surface area contributed by atoms with E-state index in [0.29, 0.717) is 6.54 Å². The molecule has 5 nitrogen and oxygen atoms in total. The fourth-order valence-corrected chi connectivity index (χ4v) is 3.48. The lowest BCUT2D eigenvalue weighted by Gasteiger charge is -2.20. The summed E-state index contributed by atoms with van der Waals surface area (Å²) in [5, 5.41) is 7.99. The van der Waals surface area contributed by atoms with Gasteiger partial charge in [0.05, 0.1) is 12.3 Å². The number of urea groups is 1. The minimum atomic E-state index is -0.285. The van der Waals surface area contributed by atoms with Crippen LogP contribution < -0.4 is 5.43 Å². The van der Waals surface area contributed by atoms with E-state index in [0.717, 1.165) is 42.8 Å². The van der Waals surface area contributed by atoms with Crippen LogP contribution >= 0.6 is 0 Å². The average Bonchev–Trinajstić information content (AvgIpc) is 3.33. The molecule has 2 amide bonds. The zero-order chi connectivity index (χ0) is 17.9. The lowest BCUT2D eigenvalue weighted by Crippen LogP contribution is -2.45. The van der Waals surface area contributed by atoms with Crippen molar-refractivity contribution in [3.63, 3.8) is 0 Å². The summed E-state index contributed by atoms with van der Waals surface area (Å²) in [5.41, 5.74) is 5.63. The molecule has 0 radical (unpaired) electrons. The molecule has 0 aliphatic carbocycles. The first-order chi connectivity index (χ1) is 12.7. The maximum Gasteiger partial charge on any atom is 0.352 e. The highest BCUT2D eigenvalue weighted by molar-refractivity contribution is 6.07. The number of nitrogens with one attached hydrogen (secondary N) is 1. The van der Waals surface area contributed by atoms with Gasteiger partial charge >= 0.3 is 6.03 Å². The van der Waals surface area contributed by atoms with Crippen molar-refractivity contribution in [2.24, 2.45) is 5.10 Å². The number of carbonyl (C=O) groups is 1. The summed E-state index contributed by atoms with van der Waals surface area (Å²) in [6, 6.07) is 16.0. The van der Waals surface area contributed by atoms with E-state index in [1.165, 1.54) is 17.1 Å². The van der Waals surface area contributed by atoms with Crippen LogP contribution in [0.3, 0.4) is 0 Å². The summed E-state index contributed by atoms with van der Waals surface area (Å²) in [6.07, 6.45) is 2.19. The SMILES string of the molecule is O=C(NN1CCCC1)N1CC(c2ccccc2)C(c2ccc(F)cc2)=N1. The first kappa shape index (κ1) is 16.7. The maximum absolute atomic E-state index is 13.3. The van der Waals surface area contributed by atoms with E-state index in [1.807, 2.05) is 35.3 Å². The number of amides is 2. The summed E-state index contributed by atoms with van der Waals surface area (Å²) in [6.45, 7) is 2.21. The molecule has 6 heteroatoms. The molecule has 2 aliphatic rings. The zero-order valence-corrected chi connectivity index (χ0v) is 14.4. The molecule has 1 saturated heterocycles. The number of nitrogens with zero attached hydrogens (tertiary/aromatic N) is 3. The number of hydrazine groups is 1. The van der Waals surface area contributed by atoms with E-state index >= 15 is 0 Å². The van der Waals surface area contributed by atoms with Gasteiger partial charge in [-0.05, 0) is 36.1 Å². The monoisotopic (exact) mass is 352 g/mol. The van der Waals surface area contributed by atoms with Crippen LogP contribution in [-0.4, -0.2) is 41.4 Å². The van der Waals surface area contributed by atoms with Gasteiger partial charge in [0.25, 0.3) is 0 Å². The Labute approximate surface area is 152 Å². The lowest BCUT2D eigenvalue weighted by molar-refractivity contribution is 0.164. The first-order valence-electron chi connectivity index (χ1n) is 8.93. The smallest absolute Gasteiger partial charge is 0.269 e. The third kappa shape index (κ3) is 3.46. The molecule has 0 spiro atoms. The molecule has 2 aromatic rings. The van der Waals surface area contributed by atoms with Crippen LogP contribution in [0.4, 0.5) is 9.18 Å². The highest BCUT2D eigenvalue weighted by atomic mass is 19.1. The van der Waals surface area contributed by atoms with E-state index in [2.05, 4.69) is 10.5 Å². The Morgan fingerprint density at radius 1 is 1.04 bits per heavy atom. The molecule has 134 valence electrons. The van der Waals surface area contributed by atoms with Gasteiger partial charge in [-0.25, -0.2) is 19.2 Å². The van der Waals surface area contributed by atoms with E-state index in [1.54, 1.807) is 12.1 Å². The molecule has 0 saturated carbocycles. The lowest BCUT2D eigenvalue weighted by atomic mass is 9.91. The van der Waals surface area contributed by atoms with Crippen molar-refractivity contribution >= 4 is 11.7 Å². The van der Waals surface area contributed by atoms with Crippen molar-refractivity contribution in [2.75, 3.05) is 19.6 Å². The Hall–Kier alpha value is -2.73. The minimum Gasteiger partial charge on any atom is -0.269 e. The number of carbonyl (C=O) groups excluding carboxylic acids is 1. The quantitative estimate of drug-likeness (QED) is 0.921. The van der Waals surface area contributed by atoms with Crippen LogP contribution in [0.5, 0.6) is 0 Å². The van der Waals surface area contributed by atoms with Crippen molar-refractivity contribution in [3.8, 4) is 0 Å². The second kappa shape index (κ2) is 7.25. The molecule has 1 atom stereocenters. The molecule has 2 aromatic carbocycles. The fourth-order valence-electron chi connectivity index (χ4n) is 3.48. The molecule has 1 N–H and O–H groups in total. The van der Waals surface area contributed by atoms with Gasteiger partial charge in [-0.15, -0.1) is 0 Å². The second-order valence-electron chi connectivity index (χ2n) is 6.65. The van der Waals surface area contributed by atoms with Crippen molar-refractivity contribution < 1.29 is 9.18 Å². The van der Waals surface area contributed by atoms with Gasteiger partial charge < -0.3 is 0 Å². The Morgan fingerprint density at radius 2 is 1.73 bits per heavy atom. The zero-order valence-electron chi connectivity index (χ0n) is 14.4. The average molecular weight is 352 g/mol. The van der Waals surface area contributed by atoms with Gasteiger partial charge in [0.15, 0.2) is 0 Å². The molecule has 26 heavy (non-hydrogen) atoms. The van der Waals surface area contributed by atoms with Crippen molar-refractivity contribution in [3.05, 3.63) is 71.5 Å². The molecule has 0 aromatic heterocycles. The topological polar surface area (TPSA) is 47.9 Å². The fraction of sp³-hybridized carbons (Fsp3) is 0.300. The van der Waals surface area contributed by atoms with Gasteiger partial charge in [-0.1, -0.05) is 42.5 Å². The van der Waals surface area contributed by atoms with E-state index < -0.39 is 0 Å². The van der Waals surface area contributed by atoms with Crippen LogP contribution in [0.25, 0.3) is 0 Å². The van der Waals surface area contributed by atoms with Crippen LogP contribution in [0.15, 0.2) is 59.7 Å². The molecular weight excluding hydrogens is 331 g/mol. The third-order valence-corrected chi connectivity index (χ3v) is 4.85. The highest BCUT2D eigenvalue weighted by Crippen LogP contribution is 2.29. The predicted octanol–water partition coefficient (Wildman–Crippen LogP) is 3.35. The number of hydrazone groups is 1. The summed E-state index contributed by atoms with van der Waals surface area (Å²) < 4.78 is 13.3. The van der Waals surface area contributed by atoms with E-state index in [-0.39, 0.29) is 17.8 Å². The van der Waals surface area contributed by atoms with Crippen molar-refractivity contribution in [2.45, 2.75) is 18.8 Å². The summed E-state index contributed by atoms with van der Waals surface area (Å²) in [5.74, 6) is -0.321. The summed E-state index contributed by atoms with van der Waals surface area (Å²) >= 11 is 0. The Balaban J connectivity index is 1.61. The van der Waals surface area contributed by atoms with E-state index in [4.69, 9.17) is 0 Å². The molecule has 1 unspecified atom stereocenters. The van der Waals surface area contributed by atoms with Gasteiger partial charge in [-0.3, -0.25) is 5.43 Å². The Bertz CT molecular complexity index is 800. The summed E-state index contributed by atoms with van der Waals surface area (Å²) in [7, 11) is 0. The molecule has 4 rings (SSSR count). The van der Waals surface area contributed by atoms with E-state index in [9.17, 15) is 9.18 Å². The summed E-state index contributed by atoms with van der Waals surface area (Å²) in [4.78, 5) is 12.6. The van der Waals surface area contributed by atoms with Gasteiger partial charge in [-0.2, -0.15) is 5.10 Å². The molecule has 2 aliphatic heterocycles. The maximum atomic E-state index is 13.3. The van der Waals surface area contributed by atoms with Gasteiger partial charge in [0, 0.05) is 19.0 Å². The van der Waals surface area contributed by atoms with Gasteiger partial charge in [0.2, 0.25) is 0 Å². The van der Waals surface area contributed by atoms with Crippen LogP contribution in [-0.2, 0) is 0 Å². The van der Waals surface area contributed by atoms with Crippen molar-refractivity contribution in [1.82, 2.24) is 15.4 Å². The second-order valence-corrected chi connectivity index (χ2v) is 6.65. The minimum absolute atomic E-state index is 0.0361. The first-order valence-corrected chi connectivity index (χ1v) is 8.93. The normalized spacial score (nSPS) is 20.3. The molecule has 0 bridgehead atoms. The number of rotatable bonds is 3. The van der Waals surface area contributed by atoms with Crippen LogP contribution in [0.1, 0.15) is 29.9 Å². The Kier molecular flexibility index (Phi) is 4.67. The van der Waals surface area contributed by atoms with Crippen molar-refractivity contribution in [1.29, 1.82) is 0 Å². The number of hydrogen-bond acceptors (Lipinski definition) is 3. The van der Waals surface area contributed by atoms with Crippen LogP contribution in [0, 0.1) is 5.82 Å². The van der Waals surface area contributed by atoms with Gasteiger partial charge in [0.1, 0.15) is 5.82 Å². The molecular formula is C20H21FN4O. The largest absolute Gasteiger partial charge is 0.352 e. The standard InChI is InChI=1S/C20H21FN4O/c21-17-10-8-16(9-11-17)19-18(15-6-2-1-3-7-15)14-25(22-19)20(26)23-24-12-4-5-13-24/h1-3,6-11,18H,4-5,12-14H2,(H,23,26). The number of benzene rings is 2. The Morgan fingerprint density at radius 3 is 2.42 bits per heavy atom. The van der Waals surface area contributed by atoms with Crippen LogP contribution in [0.2, 0.25) is 0 Å². The number of halogens is 1. The predicted molar refractivity (Wildman–Crippen MR) is 98.2 cm³/mol. The molecule has 2 heterocycles. The number of hydrogen-bond donors (Lipinski definition) is 1.